The van der Waals surface area contributed by atoms with Gasteiger partial charge in [0.15, 0.2) is 6.17 Å². The van der Waals surface area contributed by atoms with Gasteiger partial charge in [0, 0.05) is 30.9 Å². The van der Waals surface area contributed by atoms with Crippen LogP contribution in [0.25, 0.3) is 0 Å². The predicted octanol–water partition coefficient (Wildman–Crippen LogP) is 4.75. The van der Waals surface area contributed by atoms with E-state index in [9.17, 15) is 14.4 Å². The highest BCUT2D eigenvalue weighted by atomic mass is 16.2. The maximum atomic E-state index is 14.5. The molecule has 4 amide bonds. The van der Waals surface area contributed by atoms with E-state index in [1.165, 1.54) is 0 Å². The first-order valence-electron chi connectivity index (χ1n) is 15.0. The van der Waals surface area contributed by atoms with Crippen molar-refractivity contribution in [2.24, 2.45) is 11.7 Å². The van der Waals surface area contributed by atoms with Crippen LogP contribution in [0.15, 0.2) is 54.6 Å². The summed E-state index contributed by atoms with van der Waals surface area (Å²) in [6, 6.07) is 17.3. The lowest BCUT2D eigenvalue weighted by atomic mass is 9.83. The van der Waals surface area contributed by atoms with E-state index in [1.54, 1.807) is 9.80 Å². The number of rotatable bonds is 6. The highest BCUT2D eigenvalue weighted by Gasteiger charge is 2.45. The fourth-order valence-corrected chi connectivity index (χ4v) is 6.75. The molecule has 2 unspecified atom stereocenters. The summed E-state index contributed by atoms with van der Waals surface area (Å²) in [7, 11) is 0. The van der Waals surface area contributed by atoms with Crippen molar-refractivity contribution in [3.05, 3.63) is 65.7 Å². The first-order chi connectivity index (χ1) is 19.4. The van der Waals surface area contributed by atoms with Gasteiger partial charge in [-0.15, -0.1) is 0 Å². The van der Waals surface area contributed by atoms with E-state index in [2.05, 4.69) is 10.6 Å². The molecule has 0 bridgehead atoms. The number of carbonyl (C=O) groups excluding carboxylic acids is 3. The second kappa shape index (κ2) is 12.9. The van der Waals surface area contributed by atoms with Gasteiger partial charge in [-0.05, 0) is 81.0 Å². The summed E-state index contributed by atoms with van der Waals surface area (Å²) in [4.78, 5) is 45.4. The van der Waals surface area contributed by atoms with Crippen molar-refractivity contribution in [2.45, 2.75) is 88.9 Å². The molecule has 8 heteroatoms. The van der Waals surface area contributed by atoms with E-state index in [0.717, 1.165) is 62.5 Å². The number of hydrogen-bond donors (Lipinski definition) is 3. The lowest BCUT2D eigenvalue weighted by Gasteiger charge is -2.45. The number of aryl methyl sites for hydroxylation is 1. The van der Waals surface area contributed by atoms with Crippen molar-refractivity contribution < 1.29 is 14.4 Å². The second-order valence-electron chi connectivity index (χ2n) is 11.8. The van der Waals surface area contributed by atoms with Crippen LogP contribution in [0.5, 0.6) is 0 Å². The van der Waals surface area contributed by atoms with E-state index in [1.807, 2.05) is 61.5 Å². The molecule has 4 N–H and O–H groups in total. The molecule has 3 fully saturated rings. The molecule has 8 nitrogen and oxygen atoms in total. The summed E-state index contributed by atoms with van der Waals surface area (Å²) in [6.45, 7) is 2.81. The van der Waals surface area contributed by atoms with Crippen LogP contribution in [-0.4, -0.2) is 59.0 Å². The highest BCUT2D eigenvalue weighted by molar-refractivity contribution is 5.97. The smallest absolute Gasteiger partial charge is 0.323 e. The van der Waals surface area contributed by atoms with Crippen molar-refractivity contribution in [1.29, 1.82) is 0 Å². The molecule has 1 heterocycles. The first-order valence-corrected chi connectivity index (χ1v) is 15.0. The number of nitrogens with zero attached hydrogens (tertiary/aromatic N) is 2. The summed E-state index contributed by atoms with van der Waals surface area (Å²) in [5.41, 5.74) is 8.78. The molecule has 1 saturated heterocycles. The third kappa shape index (κ3) is 6.49. The lowest BCUT2D eigenvalue weighted by Crippen LogP contribution is -2.65. The van der Waals surface area contributed by atoms with Crippen LogP contribution >= 0.6 is 0 Å². The van der Waals surface area contributed by atoms with Crippen LogP contribution in [0.4, 0.5) is 10.5 Å². The number of nitrogens with one attached hydrogen (secondary N) is 2. The van der Waals surface area contributed by atoms with Crippen molar-refractivity contribution in [3.63, 3.8) is 0 Å². The zero-order chi connectivity index (χ0) is 28.1. The van der Waals surface area contributed by atoms with E-state index in [4.69, 9.17) is 5.73 Å². The summed E-state index contributed by atoms with van der Waals surface area (Å²) in [6.07, 6.45) is 7.14. The maximum absolute atomic E-state index is 14.5. The molecule has 0 spiro atoms. The fourth-order valence-electron chi connectivity index (χ4n) is 6.75. The SMILES string of the molecule is Cc1cccc(NC(=O)N2CCCN(C(=O)C(c3ccccc3)C3CCCC3)C2C(=O)NC2CCC(N)CC2)c1. The number of carbonyl (C=O) groups is 3. The molecule has 2 aromatic rings. The molecule has 2 atom stereocenters. The fraction of sp³-hybridized carbons (Fsp3) is 0.531. The van der Waals surface area contributed by atoms with Gasteiger partial charge in [-0.1, -0.05) is 55.3 Å². The molecular formula is C32H43N5O3. The Morgan fingerprint density at radius 3 is 2.25 bits per heavy atom. The summed E-state index contributed by atoms with van der Waals surface area (Å²) in [5, 5.41) is 6.16. The van der Waals surface area contributed by atoms with E-state index < -0.39 is 6.17 Å². The Kier molecular flexibility index (Phi) is 9.04. The Balaban J connectivity index is 1.44. The molecular weight excluding hydrogens is 502 g/mol. The molecule has 0 radical (unpaired) electrons. The maximum Gasteiger partial charge on any atom is 0.323 e. The van der Waals surface area contributed by atoms with Gasteiger partial charge in [-0.25, -0.2) is 4.79 Å². The molecule has 0 aromatic heterocycles. The van der Waals surface area contributed by atoms with E-state index in [0.29, 0.717) is 25.2 Å². The average Bonchev–Trinajstić information content (AvgIpc) is 3.49. The monoisotopic (exact) mass is 545 g/mol. The van der Waals surface area contributed by atoms with Crippen LogP contribution in [-0.2, 0) is 9.59 Å². The number of amides is 4. The summed E-state index contributed by atoms with van der Waals surface area (Å²) >= 11 is 0. The Morgan fingerprint density at radius 1 is 0.850 bits per heavy atom. The first kappa shape index (κ1) is 28.1. The Hall–Kier alpha value is -3.39. The van der Waals surface area contributed by atoms with Crippen LogP contribution in [0, 0.1) is 12.8 Å². The van der Waals surface area contributed by atoms with Gasteiger partial charge >= 0.3 is 6.03 Å². The summed E-state index contributed by atoms with van der Waals surface area (Å²) in [5.74, 6) is -0.440. The highest BCUT2D eigenvalue weighted by Crippen LogP contribution is 2.39. The van der Waals surface area contributed by atoms with Crippen molar-refractivity contribution in [1.82, 2.24) is 15.1 Å². The van der Waals surface area contributed by atoms with Crippen LogP contribution in [0.3, 0.4) is 0 Å². The second-order valence-corrected chi connectivity index (χ2v) is 11.8. The Bertz CT molecular complexity index is 1170. The van der Waals surface area contributed by atoms with Gasteiger partial charge < -0.3 is 21.3 Å². The number of anilines is 1. The van der Waals surface area contributed by atoms with Gasteiger partial charge in [-0.2, -0.15) is 0 Å². The van der Waals surface area contributed by atoms with E-state index in [-0.39, 0.29) is 41.8 Å². The minimum Gasteiger partial charge on any atom is -0.350 e. The van der Waals surface area contributed by atoms with Gasteiger partial charge in [0.25, 0.3) is 5.91 Å². The molecule has 2 aromatic carbocycles. The minimum absolute atomic E-state index is 0.00684. The zero-order valence-corrected chi connectivity index (χ0v) is 23.6. The zero-order valence-electron chi connectivity index (χ0n) is 23.6. The van der Waals surface area contributed by atoms with Crippen LogP contribution < -0.4 is 16.4 Å². The topological polar surface area (TPSA) is 108 Å². The summed E-state index contributed by atoms with van der Waals surface area (Å²) < 4.78 is 0. The Morgan fingerprint density at radius 2 is 1.55 bits per heavy atom. The largest absolute Gasteiger partial charge is 0.350 e. The molecule has 40 heavy (non-hydrogen) atoms. The average molecular weight is 546 g/mol. The number of nitrogens with two attached hydrogens (primary N) is 1. The molecule has 2 aliphatic carbocycles. The quantitative estimate of drug-likeness (QED) is 0.487. The number of urea groups is 1. The van der Waals surface area contributed by atoms with Crippen molar-refractivity contribution >= 4 is 23.5 Å². The lowest BCUT2D eigenvalue weighted by molar-refractivity contribution is -0.151. The van der Waals surface area contributed by atoms with Gasteiger partial charge in [0.1, 0.15) is 0 Å². The van der Waals surface area contributed by atoms with E-state index >= 15 is 0 Å². The molecule has 5 rings (SSSR count). The van der Waals surface area contributed by atoms with Crippen LogP contribution in [0.1, 0.15) is 74.8 Å². The normalized spacial score (nSPS) is 24.4. The van der Waals surface area contributed by atoms with Gasteiger partial charge in [0.05, 0.1) is 5.92 Å². The molecule has 1 aliphatic heterocycles. The molecule has 214 valence electrons. The van der Waals surface area contributed by atoms with Gasteiger partial charge in [0.2, 0.25) is 5.91 Å². The van der Waals surface area contributed by atoms with Crippen molar-refractivity contribution in [3.8, 4) is 0 Å². The third-order valence-corrected chi connectivity index (χ3v) is 8.85. The van der Waals surface area contributed by atoms with Gasteiger partial charge in [-0.3, -0.25) is 14.5 Å². The molecule has 2 saturated carbocycles. The third-order valence-electron chi connectivity index (χ3n) is 8.85. The number of benzene rings is 2. The Labute approximate surface area is 237 Å². The predicted molar refractivity (Wildman–Crippen MR) is 157 cm³/mol. The standard InChI is InChI=1S/C32H43N5O3/c1-22-9-7-14-27(21-22)35-32(40)37-20-8-19-36(30(37)29(38)34-26-17-15-25(33)16-18-26)31(39)28(24-12-5-6-13-24)23-10-3-2-4-11-23/h2-4,7,9-11,14,21,24-26,28,30H,5-6,8,12-13,15-20,33H2,1H3,(H,34,38)(H,35,40). The number of hydrogen-bond acceptors (Lipinski definition) is 4. The minimum atomic E-state index is -1.01. The molecule has 3 aliphatic rings. The van der Waals surface area contributed by atoms with Crippen LogP contribution in [0.2, 0.25) is 0 Å². The van der Waals surface area contributed by atoms with Crippen molar-refractivity contribution in [2.75, 3.05) is 18.4 Å².